The van der Waals surface area contributed by atoms with E-state index >= 15 is 0 Å². The smallest absolute Gasteiger partial charge is 0.413 e. The number of aryl methyl sites for hydroxylation is 1. The van der Waals surface area contributed by atoms with Crippen LogP contribution < -0.4 is 5.32 Å². The summed E-state index contributed by atoms with van der Waals surface area (Å²) in [5.41, 5.74) is 0.508. The number of rotatable bonds is 10. The van der Waals surface area contributed by atoms with Crippen molar-refractivity contribution in [2.45, 2.75) is 105 Å². The molecule has 1 N–H and O–H groups in total. The van der Waals surface area contributed by atoms with E-state index in [1.807, 2.05) is 67.6 Å². The van der Waals surface area contributed by atoms with Gasteiger partial charge in [0.1, 0.15) is 28.4 Å². The number of likely N-dealkylation sites (tertiary alicyclic amines) is 1. The van der Waals surface area contributed by atoms with Crippen LogP contribution in [0.4, 0.5) is 24.6 Å². The van der Waals surface area contributed by atoms with Gasteiger partial charge in [-0.25, -0.2) is 23.8 Å². The number of carbonyl (C=O) groups excluding carboxylic acids is 3. The van der Waals surface area contributed by atoms with Crippen LogP contribution in [0.1, 0.15) is 79.1 Å². The van der Waals surface area contributed by atoms with Gasteiger partial charge in [0.2, 0.25) is 0 Å². The lowest BCUT2D eigenvalue weighted by Gasteiger charge is -2.32. The number of anilines is 1. The zero-order chi connectivity index (χ0) is 36.7. The quantitative estimate of drug-likeness (QED) is 0.265. The minimum Gasteiger partial charge on any atom is -0.444 e. The number of hydrogen-bond acceptors (Lipinski definition) is 8. The molecule has 0 unspecified atom stereocenters. The second kappa shape index (κ2) is 16.2. The Balaban J connectivity index is 1.80. The molecule has 1 aromatic heterocycles. The number of nitrogens with zero attached hydrogens (tertiary/aromatic N) is 4. The lowest BCUT2D eigenvalue weighted by molar-refractivity contribution is 0.0227. The van der Waals surface area contributed by atoms with Crippen LogP contribution in [0.2, 0.25) is 0 Å². The number of benzene rings is 1. The standard InChI is InChI=1S/C37H56FN5O6/c1-25-19-29(39-31(20-25)40-32(44)47-35(2,3)4)22-27-23-43(34(46)49-37(8,9)10)24-30(27)41(11)17-18-42(33(45)48-36(5,6)7)16-15-26-13-12-14-28(38)21-26/h12-14,19-21,27,30H,15-18,22-24H2,1-11H3,(H,39,40,44)/t27-,30+/m1/s1. The summed E-state index contributed by atoms with van der Waals surface area (Å²) in [6, 6.07) is 10.0. The van der Waals surface area contributed by atoms with E-state index in [-0.39, 0.29) is 23.9 Å². The fraction of sp³-hybridized carbons (Fsp3) is 0.622. The number of carbonyl (C=O) groups is 3. The molecule has 0 radical (unpaired) electrons. The van der Waals surface area contributed by atoms with E-state index in [1.54, 1.807) is 42.7 Å². The summed E-state index contributed by atoms with van der Waals surface area (Å²) in [5, 5.41) is 2.74. The summed E-state index contributed by atoms with van der Waals surface area (Å²) in [6.07, 6.45) is -0.405. The molecule has 1 aromatic carbocycles. The maximum absolute atomic E-state index is 13.9. The minimum atomic E-state index is -0.678. The van der Waals surface area contributed by atoms with Crippen molar-refractivity contribution in [3.63, 3.8) is 0 Å². The summed E-state index contributed by atoms with van der Waals surface area (Å²) >= 11 is 0. The van der Waals surface area contributed by atoms with Crippen molar-refractivity contribution in [2.24, 2.45) is 5.92 Å². The van der Waals surface area contributed by atoms with Crippen LogP contribution in [0.5, 0.6) is 0 Å². The predicted octanol–water partition coefficient (Wildman–Crippen LogP) is 7.07. The van der Waals surface area contributed by atoms with Gasteiger partial charge in [0.25, 0.3) is 0 Å². The molecule has 2 heterocycles. The van der Waals surface area contributed by atoms with Crippen LogP contribution in [-0.2, 0) is 27.1 Å². The van der Waals surface area contributed by atoms with Crippen LogP contribution in [-0.4, -0.2) is 101 Å². The van der Waals surface area contributed by atoms with E-state index in [1.165, 1.54) is 12.1 Å². The van der Waals surface area contributed by atoms with Crippen LogP contribution in [0.3, 0.4) is 0 Å². The zero-order valence-corrected chi connectivity index (χ0v) is 31.2. The highest BCUT2D eigenvalue weighted by molar-refractivity contribution is 5.83. The van der Waals surface area contributed by atoms with Crippen LogP contribution >= 0.6 is 0 Å². The Morgan fingerprint density at radius 1 is 0.898 bits per heavy atom. The number of nitrogens with one attached hydrogen (secondary N) is 1. The molecule has 49 heavy (non-hydrogen) atoms. The van der Waals surface area contributed by atoms with Gasteiger partial charge < -0.3 is 24.0 Å². The molecule has 11 nitrogen and oxygen atoms in total. The maximum Gasteiger partial charge on any atom is 0.413 e. The first-order valence-corrected chi connectivity index (χ1v) is 16.9. The highest BCUT2D eigenvalue weighted by Gasteiger charge is 2.39. The summed E-state index contributed by atoms with van der Waals surface area (Å²) in [6.45, 7) is 20.4. The predicted molar refractivity (Wildman–Crippen MR) is 188 cm³/mol. The molecule has 1 aliphatic rings. The van der Waals surface area contributed by atoms with Crippen LogP contribution in [0, 0.1) is 18.7 Å². The first-order chi connectivity index (χ1) is 22.6. The summed E-state index contributed by atoms with van der Waals surface area (Å²) in [4.78, 5) is 49.2. The molecule has 0 bridgehead atoms. The highest BCUT2D eigenvalue weighted by atomic mass is 19.1. The van der Waals surface area contributed by atoms with Gasteiger partial charge in [0.15, 0.2) is 0 Å². The lowest BCUT2D eigenvalue weighted by Crippen LogP contribution is -2.46. The Kier molecular flexibility index (Phi) is 13.0. The van der Waals surface area contributed by atoms with E-state index in [2.05, 4.69) is 10.2 Å². The molecular weight excluding hydrogens is 629 g/mol. The average Bonchev–Trinajstić information content (AvgIpc) is 3.33. The summed E-state index contributed by atoms with van der Waals surface area (Å²) in [7, 11) is 1.98. The van der Waals surface area contributed by atoms with Crippen molar-refractivity contribution in [3.8, 4) is 0 Å². The van der Waals surface area contributed by atoms with Gasteiger partial charge >= 0.3 is 18.3 Å². The van der Waals surface area contributed by atoms with Crippen molar-refractivity contribution in [1.29, 1.82) is 0 Å². The van der Waals surface area contributed by atoms with E-state index in [4.69, 9.17) is 19.2 Å². The number of aromatic nitrogens is 1. The summed E-state index contributed by atoms with van der Waals surface area (Å²) in [5.74, 6) is 0.0459. The van der Waals surface area contributed by atoms with Gasteiger partial charge in [-0.05, 0) is 130 Å². The molecular formula is C37H56FN5O6. The van der Waals surface area contributed by atoms with Crippen molar-refractivity contribution in [3.05, 3.63) is 59.0 Å². The molecule has 2 aromatic rings. The molecule has 3 rings (SSSR count). The fourth-order valence-electron chi connectivity index (χ4n) is 5.64. The Morgan fingerprint density at radius 3 is 2.16 bits per heavy atom. The second-order valence-corrected chi connectivity index (χ2v) is 15.9. The van der Waals surface area contributed by atoms with E-state index in [0.717, 1.165) is 16.8 Å². The Hall–Kier alpha value is -3.93. The van der Waals surface area contributed by atoms with E-state index in [0.29, 0.717) is 51.4 Å². The number of hydrogen-bond donors (Lipinski definition) is 1. The third kappa shape index (κ3) is 13.8. The maximum atomic E-state index is 13.9. The Morgan fingerprint density at radius 2 is 1.55 bits per heavy atom. The van der Waals surface area contributed by atoms with Crippen molar-refractivity contribution in [1.82, 2.24) is 19.7 Å². The molecule has 0 spiro atoms. The number of likely N-dealkylation sites (N-methyl/N-ethyl adjacent to an activating group) is 1. The largest absolute Gasteiger partial charge is 0.444 e. The zero-order valence-electron chi connectivity index (χ0n) is 31.2. The number of ether oxygens (including phenoxy) is 3. The van der Waals surface area contributed by atoms with Gasteiger partial charge in [-0.15, -0.1) is 0 Å². The Labute approximate surface area is 291 Å². The lowest BCUT2D eigenvalue weighted by atomic mass is 9.96. The SMILES string of the molecule is Cc1cc(C[C@@H]2CN(C(=O)OC(C)(C)C)C[C@@H]2N(C)CCN(CCc2cccc(F)c2)C(=O)OC(C)(C)C)nc(NC(=O)OC(C)(C)C)c1. The molecule has 0 saturated carbocycles. The molecule has 1 fully saturated rings. The monoisotopic (exact) mass is 685 g/mol. The van der Waals surface area contributed by atoms with Crippen molar-refractivity contribution < 1.29 is 33.0 Å². The first-order valence-electron chi connectivity index (χ1n) is 16.9. The summed E-state index contributed by atoms with van der Waals surface area (Å²) < 4.78 is 30.7. The van der Waals surface area contributed by atoms with Crippen LogP contribution in [0.25, 0.3) is 0 Å². The third-order valence-electron chi connectivity index (χ3n) is 7.68. The Bertz CT molecular complexity index is 1450. The van der Waals surface area contributed by atoms with Gasteiger partial charge in [0, 0.05) is 44.5 Å². The van der Waals surface area contributed by atoms with Crippen molar-refractivity contribution >= 4 is 24.1 Å². The molecule has 1 saturated heterocycles. The first kappa shape index (κ1) is 39.5. The average molecular weight is 686 g/mol. The topological polar surface area (TPSA) is 114 Å². The molecule has 1 aliphatic heterocycles. The molecule has 2 atom stereocenters. The molecule has 272 valence electrons. The van der Waals surface area contributed by atoms with E-state index in [9.17, 15) is 18.8 Å². The minimum absolute atomic E-state index is 0.0246. The molecule has 0 aliphatic carbocycles. The third-order valence-corrected chi connectivity index (χ3v) is 7.68. The van der Waals surface area contributed by atoms with Crippen molar-refractivity contribution in [2.75, 3.05) is 45.1 Å². The molecule has 3 amide bonds. The molecule has 12 heteroatoms. The second-order valence-electron chi connectivity index (χ2n) is 15.9. The fourth-order valence-corrected chi connectivity index (χ4v) is 5.64. The van der Waals surface area contributed by atoms with Gasteiger partial charge in [-0.2, -0.15) is 0 Å². The van der Waals surface area contributed by atoms with Gasteiger partial charge in [-0.3, -0.25) is 10.2 Å². The van der Waals surface area contributed by atoms with Gasteiger partial charge in [-0.1, -0.05) is 12.1 Å². The van der Waals surface area contributed by atoms with Gasteiger partial charge in [0.05, 0.1) is 0 Å². The number of halogens is 1. The number of amides is 3. The van der Waals surface area contributed by atoms with Crippen LogP contribution in [0.15, 0.2) is 36.4 Å². The normalized spacial score (nSPS) is 16.8. The number of pyridine rings is 1. The van der Waals surface area contributed by atoms with E-state index < -0.39 is 29.0 Å². The highest BCUT2D eigenvalue weighted by Crippen LogP contribution is 2.27.